The number of carbonyl (C=O) groups excluding carboxylic acids is 2. The van der Waals surface area contributed by atoms with Crippen LogP contribution in [-0.2, 0) is 0 Å². The number of para-hydroxylation sites is 1. The molecule has 32 heavy (non-hydrogen) atoms. The Labute approximate surface area is 189 Å². The lowest BCUT2D eigenvalue weighted by Gasteiger charge is -2.11. The Kier molecular flexibility index (Phi) is 6.52. The summed E-state index contributed by atoms with van der Waals surface area (Å²) in [6.07, 6.45) is 5.54. The van der Waals surface area contributed by atoms with E-state index in [9.17, 15) is 9.59 Å². The Morgan fingerprint density at radius 1 is 0.812 bits per heavy atom. The van der Waals surface area contributed by atoms with Gasteiger partial charge in [0.15, 0.2) is 5.16 Å². The van der Waals surface area contributed by atoms with Gasteiger partial charge in [0.25, 0.3) is 5.91 Å². The summed E-state index contributed by atoms with van der Waals surface area (Å²) in [6, 6.07) is 23.1. The third-order valence-electron chi connectivity index (χ3n) is 4.59. The summed E-state index contributed by atoms with van der Waals surface area (Å²) in [5, 5.41) is 9.25. The molecule has 0 aliphatic rings. The molecule has 0 saturated heterocycles. The molecule has 8 heteroatoms. The third-order valence-corrected chi connectivity index (χ3v) is 5.25. The quantitative estimate of drug-likeness (QED) is 0.344. The molecule has 0 bridgehead atoms. The number of urea groups is 1. The zero-order valence-corrected chi connectivity index (χ0v) is 18.1. The second-order valence-corrected chi connectivity index (χ2v) is 7.59. The summed E-state index contributed by atoms with van der Waals surface area (Å²) in [7, 11) is 0. The van der Waals surface area contributed by atoms with E-state index in [1.54, 1.807) is 48.7 Å². The largest absolute Gasteiger partial charge is 0.323 e. The first-order chi connectivity index (χ1) is 15.6. The summed E-state index contributed by atoms with van der Waals surface area (Å²) >= 11 is 1.53. The van der Waals surface area contributed by atoms with Crippen LogP contribution in [0.4, 0.5) is 21.9 Å². The first kappa shape index (κ1) is 21.2. The van der Waals surface area contributed by atoms with Crippen molar-refractivity contribution in [1.82, 2.24) is 9.55 Å². The standard InChI is InChI=1S/C24H21N5O2S/c1-32-24-25-13-14-29(24)21-12-5-7-17(15-21)22(30)26-19-10-6-11-20(16-19)28-23(31)27-18-8-3-2-4-9-18/h2-16H,1H3,(H,26,30)(H2,27,28,31). The van der Waals surface area contributed by atoms with Crippen LogP contribution in [0.5, 0.6) is 0 Å². The van der Waals surface area contributed by atoms with Crippen LogP contribution in [0.2, 0.25) is 0 Å². The Hall–Kier alpha value is -4.04. The molecule has 7 nitrogen and oxygen atoms in total. The minimum absolute atomic E-state index is 0.247. The van der Waals surface area contributed by atoms with E-state index in [0.29, 0.717) is 22.6 Å². The van der Waals surface area contributed by atoms with Crippen molar-refractivity contribution >= 4 is 40.8 Å². The maximum absolute atomic E-state index is 12.8. The molecule has 0 aliphatic heterocycles. The monoisotopic (exact) mass is 443 g/mol. The highest BCUT2D eigenvalue weighted by Crippen LogP contribution is 2.20. The lowest BCUT2D eigenvalue weighted by atomic mass is 10.1. The number of amides is 3. The molecule has 1 heterocycles. The fourth-order valence-corrected chi connectivity index (χ4v) is 3.66. The number of anilines is 3. The van der Waals surface area contributed by atoms with Crippen LogP contribution in [0, 0.1) is 0 Å². The van der Waals surface area contributed by atoms with E-state index >= 15 is 0 Å². The number of nitrogens with one attached hydrogen (secondary N) is 3. The number of aromatic nitrogens is 2. The van der Waals surface area contributed by atoms with Crippen LogP contribution in [0.1, 0.15) is 10.4 Å². The fraction of sp³-hybridized carbons (Fsp3) is 0.0417. The highest BCUT2D eigenvalue weighted by molar-refractivity contribution is 7.98. The Morgan fingerprint density at radius 2 is 1.50 bits per heavy atom. The van der Waals surface area contributed by atoms with Gasteiger partial charge >= 0.3 is 6.03 Å². The second-order valence-electron chi connectivity index (χ2n) is 6.81. The normalized spacial score (nSPS) is 10.4. The van der Waals surface area contributed by atoms with Gasteiger partial charge in [-0.15, -0.1) is 0 Å². The molecule has 3 aromatic carbocycles. The van der Waals surface area contributed by atoms with Gasteiger partial charge in [-0.05, 0) is 54.8 Å². The van der Waals surface area contributed by atoms with Crippen molar-refractivity contribution < 1.29 is 9.59 Å². The van der Waals surface area contributed by atoms with Crippen LogP contribution in [0.3, 0.4) is 0 Å². The lowest BCUT2D eigenvalue weighted by Crippen LogP contribution is -2.19. The number of carbonyl (C=O) groups is 2. The average Bonchev–Trinajstić information content (AvgIpc) is 3.29. The van der Waals surface area contributed by atoms with Crippen molar-refractivity contribution in [2.75, 3.05) is 22.2 Å². The predicted molar refractivity (Wildman–Crippen MR) is 129 cm³/mol. The van der Waals surface area contributed by atoms with Crippen LogP contribution >= 0.6 is 11.8 Å². The second kappa shape index (κ2) is 9.84. The molecule has 0 spiro atoms. The third kappa shape index (κ3) is 5.16. The van der Waals surface area contributed by atoms with Gasteiger partial charge in [0.05, 0.1) is 0 Å². The molecule has 0 aliphatic carbocycles. The fourth-order valence-electron chi connectivity index (χ4n) is 3.13. The molecular weight excluding hydrogens is 422 g/mol. The van der Waals surface area contributed by atoms with E-state index in [1.807, 2.05) is 53.4 Å². The van der Waals surface area contributed by atoms with E-state index in [1.165, 1.54) is 11.8 Å². The van der Waals surface area contributed by atoms with Crippen LogP contribution in [0.15, 0.2) is 96.4 Å². The van der Waals surface area contributed by atoms with Crippen molar-refractivity contribution in [2.45, 2.75) is 5.16 Å². The van der Waals surface area contributed by atoms with Gasteiger partial charge in [0, 0.05) is 40.7 Å². The van der Waals surface area contributed by atoms with Gasteiger partial charge in [-0.3, -0.25) is 9.36 Å². The zero-order valence-electron chi connectivity index (χ0n) is 17.3. The summed E-state index contributed by atoms with van der Waals surface area (Å²) in [5.41, 5.74) is 3.20. The number of benzene rings is 3. The molecule has 0 unspecified atom stereocenters. The molecule has 4 rings (SSSR count). The molecule has 3 amide bonds. The van der Waals surface area contributed by atoms with Crippen molar-refractivity contribution in [1.29, 1.82) is 0 Å². The van der Waals surface area contributed by atoms with Gasteiger partial charge in [-0.2, -0.15) is 0 Å². The van der Waals surface area contributed by atoms with Gasteiger partial charge < -0.3 is 16.0 Å². The number of hydrogen-bond acceptors (Lipinski definition) is 4. The minimum Gasteiger partial charge on any atom is -0.322 e. The number of rotatable bonds is 6. The van der Waals surface area contributed by atoms with Crippen LogP contribution in [-0.4, -0.2) is 27.7 Å². The molecule has 0 fully saturated rings. The molecule has 3 N–H and O–H groups in total. The summed E-state index contributed by atoms with van der Waals surface area (Å²) in [6.45, 7) is 0. The van der Waals surface area contributed by atoms with Gasteiger partial charge in [-0.25, -0.2) is 9.78 Å². The highest BCUT2D eigenvalue weighted by atomic mass is 32.2. The first-order valence-electron chi connectivity index (χ1n) is 9.84. The van der Waals surface area contributed by atoms with E-state index in [-0.39, 0.29) is 11.9 Å². The van der Waals surface area contributed by atoms with Crippen molar-refractivity contribution in [3.63, 3.8) is 0 Å². The van der Waals surface area contributed by atoms with E-state index in [4.69, 9.17) is 0 Å². The molecule has 4 aromatic rings. The van der Waals surface area contributed by atoms with E-state index in [2.05, 4.69) is 20.9 Å². The molecule has 1 aromatic heterocycles. The Bertz CT molecular complexity index is 1240. The van der Waals surface area contributed by atoms with E-state index < -0.39 is 0 Å². The average molecular weight is 444 g/mol. The molecule has 0 saturated carbocycles. The maximum Gasteiger partial charge on any atom is 0.323 e. The van der Waals surface area contributed by atoms with Crippen molar-refractivity contribution in [3.8, 4) is 5.69 Å². The summed E-state index contributed by atoms with van der Waals surface area (Å²) in [4.78, 5) is 29.3. The topological polar surface area (TPSA) is 88.1 Å². The first-order valence-corrected chi connectivity index (χ1v) is 11.1. The lowest BCUT2D eigenvalue weighted by molar-refractivity contribution is 0.102. The molecule has 0 radical (unpaired) electrons. The Balaban J connectivity index is 1.44. The van der Waals surface area contributed by atoms with Crippen molar-refractivity contribution in [2.24, 2.45) is 0 Å². The number of imidazole rings is 1. The Morgan fingerprint density at radius 3 is 2.28 bits per heavy atom. The molecule has 0 atom stereocenters. The molecule has 160 valence electrons. The molecular formula is C24H21N5O2S. The number of hydrogen-bond donors (Lipinski definition) is 3. The zero-order chi connectivity index (χ0) is 22.3. The minimum atomic E-state index is -0.364. The van der Waals surface area contributed by atoms with Gasteiger partial charge in [0.2, 0.25) is 0 Å². The van der Waals surface area contributed by atoms with Crippen molar-refractivity contribution in [3.05, 3.63) is 96.8 Å². The summed E-state index contributed by atoms with van der Waals surface area (Å²) < 4.78 is 1.93. The maximum atomic E-state index is 12.8. The number of nitrogens with zero attached hydrogens (tertiary/aromatic N) is 2. The van der Waals surface area contributed by atoms with E-state index in [0.717, 1.165) is 10.8 Å². The highest BCUT2D eigenvalue weighted by Gasteiger charge is 2.10. The van der Waals surface area contributed by atoms with Gasteiger partial charge in [0.1, 0.15) is 0 Å². The predicted octanol–water partition coefficient (Wildman–Crippen LogP) is 5.49. The summed E-state index contributed by atoms with van der Waals surface area (Å²) in [5.74, 6) is -0.247. The van der Waals surface area contributed by atoms with Crippen LogP contribution < -0.4 is 16.0 Å². The van der Waals surface area contributed by atoms with Crippen LogP contribution in [0.25, 0.3) is 5.69 Å². The number of thioether (sulfide) groups is 1. The smallest absolute Gasteiger partial charge is 0.322 e. The SMILES string of the molecule is CSc1nccn1-c1cccc(C(=O)Nc2cccc(NC(=O)Nc3ccccc3)c2)c1. The van der Waals surface area contributed by atoms with Gasteiger partial charge in [-0.1, -0.05) is 42.1 Å².